The molecule has 1 saturated heterocycles. The Morgan fingerprint density at radius 2 is 2.42 bits per heavy atom. The Balaban J connectivity index is 1.75. The fourth-order valence-electron chi connectivity index (χ4n) is 2.18. The van der Waals surface area contributed by atoms with Gasteiger partial charge in [-0.3, -0.25) is 4.90 Å². The van der Waals surface area contributed by atoms with Gasteiger partial charge in [-0.1, -0.05) is 13.0 Å². The number of nitrogens with zero attached hydrogens (tertiary/aromatic N) is 2. The van der Waals surface area contributed by atoms with Gasteiger partial charge in [0.05, 0.1) is 11.6 Å². The molecule has 0 radical (unpaired) electrons. The van der Waals surface area contributed by atoms with Crippen LogP contribution in [0.2, 0.25) is 0 Å². The molecule has 3 nitrogen and oxygen atoms in total. The van der Waals surface area contributed by atoms with Crippen molar-refractivity contribution in [2.75, 3.05) is 32.0 Å². The van der Waals surface area contributed by atoms with Crippen molar-refractivity contribution in [2.24, 2.45) is 0 Å². The van der Waals surface area contributed by atoms with Gasteiger partial charge in [-0.2, -0.15) is 17.0 Å². The number of rotatable bonds is 5. The molecule has 0 aromatic heterocycles. The molecule has 0 amide bonds. The van der Waals surface area contributed by atoms with Gasteiger partial charge in [-0.15, -0.1) is 0 Å². The zero-order chi connectivity index (χ0) is 13.5. The second-order valence-electron chi connectivity index (χ2n) is 4.69. The van der Waals surface area contributed by atoms with Gasteiger partial charge in [-0.25, -0.2) is 0 Å². The minimum absolute atomic E-state index is 0.651. The summed E-state index contributed by atoms with van der Waals surface area (Å²) in [6.45, 7) is 6.24. The van der Waals surface area contributed by atoms with Crippen LogP contribution < -0.4 is 4.74 Å². The van der Waals surface area contributed by atoms with Crippen LogP contribution in [0.25, 0.3) is 0 Å². The van der Waals surface area contributed by atoms with Gasteiger partial charge >= 0.3 is 0 Å². The number of thioether (sulfide) groups is 1. The van der Waals surface area contributed by atoms with E-state index in [4.69, 9.17) is 10.00 Å². The molecule has 1 aliphatic heterocycles. The number of benzene rings is 1. The average Bonchev–Trinajstić information content (AvgIpc) is 2.48. The summed E-state index contributed by atoms with van der Waals surface area (Å²) in [5.74, 6) is 2.01. The van der Waals surface area contributed by atoms with Gasteiger partial charge in [0.25, 0.3) is 0 Å². The largest absolute Gasteiger partial charge is 0.492 e. The van der Waals surface area contributed by atoms with Gasteiger partial charge in [0, 0.05) is 30.6 Å². The highest BCUT2D eigenvalue weighted by Gasteiger charge is 2.18. The Hall–Kier alpha value is -1.18. The molecule has 1 atom stereocenters. The van der Waals surface area contributed by atoms with E-state index >= 15 is 0 Å². The summed E-state index contributed by atoms with van der Waals surface area (Å²) in [4.78, 5) is 2.47. The molecule has 1 aromatic rings. The highest BCUT2D eigenvalue weighted by molar-refractivity contribution is 8.00. The first-order chi connectivity index (χ1) is 9.31. The summed E-state index contributed by atoms with van der Waals surface area (Å²) in [6.07, 6.45) is 1.24. The van der Waals surface area contributed by atoms with E-state index in [-0.39, 0.29) is 0 Å². The first kappa shape index (κ1) is 14.2. The van der Waals surface area contributed by atoms with E-state index in [1.165, 1.54) is 18.7 Å². The van der Waals surface area contributed by atoms with Crippen LogP contribution in [0.1, 0.15) is 18.9 Å². The van der Waals surface area contributed by atoms with Gasteiger partial charge in [0.2, 0.25) is 0 Å². The molecule has 0 spiro atoms. The topological polar surface area (TPSA) is 36.3 Å². The van der Waals surface area contributed by atoms with Crippen molar-refractivity contribution in [3.8, 4) is 11.8 Å². The molecular weight excluding hydrogens is 256 g/mol. The number of ether oxygens (including phenoxy) is 1. The molecule has 1 heterocycles. The summed E-state index contributed by atoms with van der Waals surface area (Å²) in [5.41, 5.74) is 0.651. The van der Waals surface area contributed by atoms with Crippen LogP contribution in [-0.4, -0.2) is 42.1 Å². The zero-order valence-electron chi connectivity index (χ0n) is 11.3. The van der Waals surface area contributed by atoms with Crippen molar-refractivity contribution in [1.82, 2.24) is 4.90 Å². The van der Waals surface area contributed by atoms with Gasteiger partial charge in [-0.05, 0) is 24.6 Å². The third kappa shape index (κ3) is 4.45. The molecule has 1 aromatic carbocycles. The Kier molecular flexibility index (Phi) is 5.56. The molecule has 2 rings (SSSR count). The first-order valence-electron chi connectivity index (χ1n) is 6.78. The maximum absolute atomic E-state index is 8.83. The Bertz CT molecular complexity index is 444. The van der Waals surface area contributed by atoms with Crippen LogP contribution in [0.4, 0.5) is 0 Å². The number of hydrogen-bond donors (Lipinski definition) is 0. The molecule has 1 aliphatic rings. The predicted octanol–water partition coefficient (Wildman–Crippen LogP) is 2.76. The summed E-state index contributed by atoms with van der Waals surface area (Å²) in [5, 5.41) is 9.61. The van der Waals surface area contributed by atoms with Crippen molar-refractivity contribution >= 4 is 11.8 Å². The molecule has 0 bridgehead atoms. The zero-order valence-corrected chi connectivity index (χ0v) is 12.2. The van der Waals surface area contributed by atoms with Crippen LogP contribution in [0.5, 0.6) is 5.75 Å². The summed E-state index contributed by atoms with van der Waals surface area (Å²) in [7, 11) is 0. The second kappa shape index (κ2) is 7.42. The summed E-state index contributed by atoms with van der Waals surface area (Å²) in [6, 6.07) is 9.48. The normalized spacial score (nSPS) is 19.9. The van der Waals surface area contributed by atoms with E-state index in [9.17, 15) is 0 Å². The van der Waals surface area contributed by atoms with Crippen molar-refractivity contribution in [2.45, 2.75) is 18.6 Å². The van der Waals surface area contributed by atoms with E-state index in [1.54, 1.807) is 12.1 Å². The van der Waals surface area contributed by atoms with E-state index in [2.05, 4.69) is 29.7 Å². The third-order valence-electron chi connectivity index (χ3n) is 3.32. The van der Waals surface area contributed by atoms with Gasteiger partial charge in [0.15, 0.2) is 0 Å². The quantitative estimate of drug-likeness (QED) is 0.828. The first-order valence-corrected chi connectivity index (χ1v) is 7.83. The highest BCUT2D eigenvalue weighted by atomic mass is 32.2. The summed E-state index contributed by atoms with van der Waals surface area (Å²) < 4.78 is 5.72. The molecule has 19 heavy (non-hydrogen) atoms. The molecule has 1 fully saturated rings. The van der Waals surface area contributed by atoms with Crippen molar-refractivity contribution < 1.29 is 4.74 Å². The van der Waals surface area contributed by atoms with Crippen LogP contribution >= 0.6 is 11.8 Å². The van der Waals surface area contributed by atoms with Crippen LogP contribution in [-0.2, 0) is 0 Å². The Morgan fingerprint density at radius 1 is 1.53 bits per heavy atom. The number of nitriles is 1. The lowest BCUT2D eigenvalue weighted by Gasteiger charge is -2.31. The van der Waals surface area contributed by atoms with E-state index in [0.29, 0.717) is 12.2 Å². The van der Waals surface area contributed by atoms with Crippen molar-refractivity contribution in [1.29, 1.82) is 5.26 Å². The molecule has 0 saturated carbocycles. The third-order valence-corrected chi connectivity index (χ3v) is 4.69. The smallest absolute Gasteiger partial charge is 0.120 e. The number of hydrogen-bond acceptors (Lipinski definition) is 4. The Labute approximate surface area is 119 Å². The minimum Gasteiger partial charge on any atom is -0.492 e. The van der Waals surface area contributed by atoms with Gasteiger partial charge < -0.3 is 4.74 Å². The predicted molar refractivity (Wildman–Crippen MR) is 79.6 cm³/mol. The molecule has 4 heteroatoms. The lowest BCUT2D eigenvalue weighted by Crippen LogP contribution is -2.39. The van der Waals surface area contributed by atoms with E-state index in [0.717, 1.165) is 24.1 Å². The molecular formula is C15H20N2OS. The Morgan fingerprint density at radius 3 is 3.21 bits per heavy atom. The van der Waals surface area contributed by atoms with Crippen molar-refractivity contribution in [3.05, 3.63) is 29.8 Å². The van der Waals surface area contributed by atoms with Crippen molar-refractivity contribution in [3.63, 3.8) is 0 Å². The average molecular weight is 276 g/mol. The monoisotopic (exact) mass is 276 g/mol. The second-order valence-corrected chi connectivity index (χ2v) is 6.10. The molecule has 0 aliphatic carbocycles. The molecule has 1 unspecified atom stereocenters. The molecule has 102 valence electrons. The maximum Gasteiger partial charge on any atom is 0.120 e. The lowest BCUT2D eigenvalue weighted by molar-refractivity contribution is 0.212. The SMILES string of the molecule is CCC1CN(CCOc2cccc(C#N)c2)CCS1. The minimum atomic E-state index is 0.651. The van der Waals surface area contributed by atoms with Crippen LogP contribution in [0.15, 0.2) is 24.3 Å². The molecule has 0 N–H and O–H groups in total. The fraction of sp³-hybridized carbons (Fsp3) is 0.533. The van der Waals surface area contributed by atoms with E-state index in [1.807, 2.05) is 12.1 Å². The van der Waals surface area contributed by atoms with E-state index < -0.39 is 0 Å². The standard InChI is InChI=1S/C15H20N2OS/c1-2-15-12-17(7-9-19-15)6-8-18-14-5-3-4-13(10-14)11-16/h3-5,10,15H,2,6-9,12H2,1H3. The van der Waals surface area contributed by atoms with Crippen LogP contribution in [0, 0.1) is 11.3 Å². The van der Waals surface area contributed by atoms with Crippen LogP contribution in [0.3, 0.4) is 0 Å². The maximum atomic E-state index is 8.83. The highest BCUT2D eigenvalue weighted by Crippen LogP contribution is 2.20. The summed E-state index contributed by atoms with van der Waals surface area (Å²) >= 11 is 2.08. The lowest BCUT2D eigenvalue weighted by atomic mass is 10.2. The van der Waals surface area contributed by atoms with Gasteiger partial charge in [0.1, 0.15) is 12.4 Å². The fourth-order valence-corrected chi connectivity index (χ4v) is 3.43.